The zero-order chi connectivity index (χ0) is 16.6. The molecular weight excluding hydrogens is 391 g/mol. The lowest BCUT2D eigenvalue weighted by Crippen LogP contribution is -2.63. The number of allylic oxidation sites excluding steroid dienone is 1. The largest absolute Gasteiger partial charge is 0.391 e. The van der Waals surface area contributed by atoms with Gasteiger partial charge in [-0.05, 0) is 46.4 Å². The van der Waals surface area contributed by atoms with Crippen molar-refractivity contribution in [2.75, 3.05) is 0 Å². The molecule has 1 aliphatic rings. The first kappa shape index (κ1) is 19.7. The number of hydrogen-bond donors (Lipinski definition) is 0. The van der Waals surface area contributed by atoms with Crippen LogP contribution >= 0.6 is 22.6 Å². The summed E-state index contributed by atoms with van der Waals surface area (Å²) in [6, 6.07) is 0. The molecule has 0 saturated carbocycles. The highest BCUT2D eigenvalue weighted by molar-refractivity contribution is 14.1. The Kier molecular flexibility index (Phi) is 6.19. The first-order valence-electron chi connectivity index (χ1n) is 8.00. The maximum absolute atomic E-state index is 6.80. The molecule has 21 heavy (non-hydrogen) atoms. The highest BCUT2D eigenvalue weighted by Gasteiger charge is 2.61. The van der Waals surface area contributed by atoms with E-state index in [-0.39, 0.29) is 22.3 Å². The lowest BCUT2D eigenvalue weighted by atomic mass is 9.99. The highest BCUT2D eigenvalue weighted by atomic mass is 127. The van der Waals surface area contributed by atoms with E-state index >= 15 is 0 Å². The fourth-order valence-corrected chi connectivity index (χ4v) is 9.26. The Morgan fingerprint density at radius 3 is 2.00 bits per heavy atom. The summed E-state index contributed by atoms with van der Waals surface area (Å²) in [5.74, 6) is 0.435. The van der Waals surface area contributed by atoms with Crippen LogP contribution in [0.3, 0.4) is 0 Å². The number of halogens is 1. The summed E-state index contributed by atoms with van der Waals surface area (Å²) in [7, 11) is -2.36. The van der Waals surface area contributed by atoms with E-state index in [1.807, 2.05) is 0 Å². The third-order valence-electron chi connectivity index (χ3n) is 4.30. The van der Waals surface area contributed by atoms with Crippen LogP contribution in [-0.4, -0.2) is 20.8 Å². The zero-order valence-corrected chi connectivity index (χ0v) is 18.4. The van der Waals surface area contributed by atoms with Crippen molar-refractivity contribution < 1.29 is 8.85 Å². The first-order valence-corrected chi connectivity index (χ1v) is 10.9. The van der Waals surface area contributed by atoms with Crippen molar-refractivity contribution in [2.24, 2.45) is 5.92 Å². The molecule has 1 saturated heterocycles. The van der Waals surface area contributed by atoms with Crippen molar-refractivity contribution in [2.45, 2.75) is 91.0 Å². The SMILES string of the molecule is C/C(I)=C\[C@@H](C)[C@H]1C[C@@H](C)O[Si](C(C)(C)C)(C(C)(C)C)O1. The average Bonchev–Trinajstić information content (AvgIpc) is 2.23. The molecule has 0 bridgehead atoms. The molecule has 0 aromatic rings. The monoisotopic (exact) mass is 424 g/mol. The average molecular weight is 424 g/mol. The third kappa shape index (κ3) is 4.33. The fourth-order valence-electron chi connectivity index (χ4n) is 3.57. The fraction of sp³-hybridized carbons (Fsp3) is 0.882. The third-order valence-corrected chi connectivity index (χ3v) is 9.98. The molecule has 0 aromatic carbocycles. The maximum atomic E-state index is 6.80. The Hall–Kier alpha value is 0.607. The molecule has 3 atom stereocenters. The summed E-state index contributed by atoms with van der Waals surface area (Å²) >= 11 is 2.39. The van der Waals surface area contributed by atoms with Crippen molar-refractivity contribution in [1.29, 1.82) is 0 Å². The Morgan fingerprint density at radius 2 is 1.62 bits per heavy atom. The standard InChI is InChI=1S/C17H33IO2Si/c1-12(10-13(2)18)15-11-14(3)19-21(20-15,16(4,5)6)17(7,8)9/h10,12,14-15H,11H2,1-9H3/b13-10+/t12-,14-,15-/m1/s1. The molecule has 0 radical (unpaired) electrons. The van der Waals surface area contributed by atoms with Gasteiger partial charge in [-0.3, -0.25) is 0 Å². The van der Waals surface area contributed by atoms with E-state index in [4.69, 9.17) is 8.85 Å². The molecule has 0 N–H and O–H groups in total. The lowest BCUT2D eigenvalue weighted by molar-refractivity contribution is -0.0306. The van der Waals surface area contributed by atoms with Crippen molar-refractivity contribution in [3.05, 3.63) is 9.66 Å². The summed E-state index contributed by atoms with van der Waals surface area (Å²) < 4.78 is 14.7. The second-order valence-corrected chi connectivity index (χ2v) is 15.0. The Labute approximate surface area is 146 Å². The van der Waals surface area contributed by atoms with Gasteiger partial charge in [0.25, 0.3) is 0 Å². The number of hydrogen-bond acceptors (Lipinski definition) is 2. The molecule has 0 amide bonds. The van der Waals surface area contributed by atoms with Crippen LogP contribution < -0.4 is 0 Å². The molecule has 0 aromatic heterocycles. The summed E-state index contributed by atoms with van der Waals surface area (Å²) in [5, 5.41) is 0.113. The Bertz CT molecular complexity index is 375. The van der Waals surface area contributed by atoms with Crippen LogP contribution in [0.15, 0.2) is 9.66 Å². The van der Waals surface area contributed by atoms with Crippen molar-refractivity contribution >= 4 is 31.2 Å². The molecule has 1 heterocycles. The quantitative estimate of drug-likeness (QED) is 0.388. The van der Waals surface area contributed by atoms with Crippen LogP contribution in [0, 0.1) is 5.92 Å². The van der Waals surface area contributed by atoms with Crippen molar-refractivity contribution in [3.8, 4) is 0 Å². The molecule has 0 unspecified atom stereocenters. The van der Waals surface area contributed by atoms with Gasteiger partial charge in [-0.1, -0.05) is 54.5 Å². The first-order chi connectivity index (χ1) is 9.30. The van der Waals surface area contributed by atoms with E-state index in [9.17, 15) is 0 Å². The van der Waals surface area contributed by atoms with Gasteiger partial charge in [0.1, 0.15) is 0 Å². The van der Waals surface area contributed by atoms with E-state index in [0.29, 0.717) is 5.92 Å². The molecule has 124 valence electrons. The maximum Gasteiger partial charge on any atom is 0.349 e. The minimum atomic E-state index is -2.36. The smallest absolute Gasteiger partial charge is 0.349 e. The van der Waals surface area contributed by atoms with Gasteiger partial charge in [-0.25, -0.2) is 0 Å². The molecular formula is C17H33IO2Si. The Morgan fingerprint density at radius 1 is 1.14 bits per heavy atom. The van der Waals surface area contributed by atoms with E-state index in [2.05, 4.69) is 91.0 Å². The van der Waals surface area contributed by atoms with Gasteiger partial charge >= 0.3 is 8.56 Å². The van der Waals surface area contributed by atoms with E-state index < -0.39 is 8.56 Å². The normalized spacial score (nSPS) is 29.3. The summed E-state index contributed by atoms with van der Waals surface area (Å²) in [4.78, 5) is 0. The van der Waals surface area contributed by atoms with Gasteiger partial charge in [0.05, 0.1) is 6.10 Å². The van der Waals surface area contributed by atoms with E-state index in [1.165, 1.54) is 3.58 Å². The molecule has 0 aliphatic carbocycles. The van der Waals surface area contributed by atoms with Gasteiger partial charge < -0.3 is 8.85 Å². The summed E-state index contributed by atoms with van der Waals surface area (Å²) in [5.41, 5.74) is 0. The summed E-state index contributed by atoms with van der Waals surface area (Å²) in [6.45, 7) is 20.3. The van der Waals surface area contributed by atoms with E-state index in [0.717, 1.165) is 6.42 Å². The molecule has 1 rings (SSSR count). The van der Waals surface area contributed by atoms with Crippen molar-refractivity contribution in [1.82, 2.24) is 0 Å². The number of rotatable bonds is 2. The Balaban J connectivity index is 3.20. The van der Waals surface area contributed by atoms with Gasteiger partial charge in [0, 0.05) is 22.1 Å². The van der Waals surface area contributed by atoms with Crippen LogP contribution in [0.4, 0.5) is 0 Å². The van der Waals surface area contributed by atoms with E-state index in [1.54, 1.807) is 0 Å². The van der Waals surface area contributed by atoms with Gasteiger partial charge in [-0.15, -0.1) is 0 Å². The van der Waals surface area contributed by atoms with Gasteiger partial charge in [0.15, 0.2) is 0 Å². The predicted octanol–water partition coefficient (Wildman–Crippen LogP) is 6.20. The minimum Gasteiger partial charge on any atom is -0.391 e. The summed E-state index contributed by atoms with van der Waals surface area (Å²) in [6.07, 6.45) is 3.86. The molecule has 1 aliphatic heterocycles. The molecule has 0 spiro atoms. The zero-order valence-electron chi connectivity index (χ0n) is 15.2. The molecule has 1 fully saturated rings. The highest BCUT2D eigenvalue weighted by Crippen LogP contribution is 2.55. The van der Waals surface area contributed by atoms with Crippen LogP contribution in [-0.2, 0) is 8.85 Å². The molecule has 2 nitrogen and oxygen atoms in total. The van der Waals surface area contributed by atoms with Crippen LogP contribution in [0.25, 0.3) is 0 Å². The molecule has 4 heteroatoms. The minimum absolute atomic E-state index is 0.0565. The second kappa shape index (κ2) is 6.61. The van der Waals surface area contributed by atoms with Crippen LogP contribution in [0.2, 0.25) is 10.1 Å². The van der Waals surface area contributed by atoms with Crippen molar-refractivity contribution in [3.63, 3.8) is 0 Å². The predicted molar refractivity (Wildman–Crippen MR) is 102 cm³/mol. The lowest BCUT2D eigenvalue weighted by Gasteiger charge is -2.55. The topological polar surface area (TPSA) is 18.5 Å². The second-order valence-electron chi connectivity index (χ2n) is 8.55. The van der Waals surface area contributed by atoms with Crippen LogP contribution in [0.5, 0.6) is 0 Å². The van der Waals surface area contributed by atoms with Crippen LogP contribution in [0.1, 0.15) is 68.7 Å². The van der Waals surface area contributed by atoms with Gasteiger partial charge in [0.2, 0.25) is 0 Å². The van der Waals surface area contributed by atoms with Gasteiger partial charge in [-0.2, -0.15) is 0 Å².